The second-order valence-corrected chi connectivity index (χ2v) is 6.64. The minimum absolute atomic E-state index is 0. The second kappa shape index (κ2) is 8.50. The Balaban J connectivity index is 0.00000225. The molecule has 0 spiro atoms. The van der Waals surface area contributed by atoms with Crippen molar-refractivity contribution in [2.75, 3.05) is 13.1 Å². The molecule has 3 rings (SSSR count). The van der Waals surface area contributed by atoms with E-state index in [2.05, 4.69) is 46.9 Å². The van der Waals surface area contributed by atoms with Crippen LogP contribution in [0, 0.1) is 5.92 Å². The van der Waals surface area contributed by atoms with Gasteiger partial charge in [-0.25, -0.2) is 0 Å². The third-order valence-corrected chi connectivity index (χ3v) is 4.95. The van der Waals surface area contributed by atoms with Gasteiger partial charge in [-0.2, -0.15) is 5.10 Å². The number of carbonyl (C=O) groups is 1. The number of amides is 1. The molecule has 3 atom stereocenters. The number of carbonyl (C=O) groups excluding carboxylic acids is 1. The summed E-state index contributed by atoms with van der Waals surface area (Å²) in [5.74, 6) is 0.251. The van der Waals surface area contributed by atoms with Crippen LogP contribution in [0.3, 0.4) is 0 Å². The Kier molecular flexibility index (Phi) is 6.62. The second-order valence-electron chi connectivity index (χ2n) is 6.64. The number of nitrogens with zero attached hydrogens (tertiary/aromatic N) is 2. The molecule has 2 heterocycles. The van der Waals surface area contributed by atoms with Crippen molar-refractivity contribution in [1.29, 1.82) is 0 Å². The maximum atomic E-state index is 12.8. The average molecular weight is 363 g/mol. The van der Waals surface area contributed by atoms with Crippen molar-refractivity contribution in [3.05, 3.63) is 53.3 Å². The van der Waals surface area contributed by atoms with Crippen molar-refractivity contribution in [1.82, 2.24) is 20.4 Å². The first-order valence-corrected chi connectivity index (χ1v) is 8.67. The molecule has 25 heavy (non-hydrogen) atoms. The SMILES string of the molecule is CCc1ccc(C(C)NC(=O)[C@H]2CNC[C@@H]2c2cnn(C)c2)cc1.Cl. The third-order valence-electron chi connectivity index (χ3n) is 4.95. The number of hydrogen-bond acceptors (Lipinski definition) is 3. The fourth-order valence-electron chi connectivity index (χ4n) is 3.38. The van der Waals surface area contributed by atoms with Crippen LogP contribution in [0.5, 0.6) is 0 Å². The number of nitrogens with one attached hydrogen (secondary N) is 2. The minimum Gasteiger partial charge on any atom is -0.349 e. The Morgan fingerprint density at radius 3 is 2.68 bits per heavy atom. The fourth-order valence-corrected chi connectivity index (χ4v) is 3.38. The molecule has 6 heteroatoms. The van der Waals surface area contributed by atoms with Crippen LogP contribution in [0.2, 0.25) is 0 Å². The number of halogens is 1. The highest BCUT2D eigenvalue weighted by Gasteiger charge is 2.35. The average Bonchev–Trinajstić information content (AvgIpc) is 3.23. The summed E-state index contributed by atoms with van der Waals surface area (Å²) in [6.07, 6.45) is 4.90. The van der Waals surface area contributed by atoms with Crippen LogP contribution in [-0.4, -0.2) is 28.8 Å². The summed E-state index contributed by atoms with van der Waals surface area (Å²) in [5.41, 5.74) is 3.58. The molecule has 1 amide bonds. The molecule has 0 saturated carbocycles. The number of rotatable bonds is 5. The van der Waals surface area contributed by atoms with E-state index in [-0.39, 0.29) is 36.2 Å². The maximum Gasteiger partial charge on any atom is 0.225 e. The predicted octanol–water partition coefficient (Wildman–Crippen LogP) is 2.58. The van der Waals surface area contributed by atoms with Gasteiger partial charge in [0.05, 0.1) is 18.2 Å². The van der Waals surface area contributed by atoms with E-state index in [1.165, 1.54) is 5.56 Å². The first kappa shape index (κ1) is 19.5. The summed E-state index contributed by atoms with van der Waals surface area (Å²) in [6, 6.07) is 8.49. The summed E-state index contributed by atoms with van der Waals surface area (Å²) in [7, 11) is 1.91. The van der Waals surface area contributed by atoms with Gasteiger partial charge in [-0.1, -0.05) is 31.2 Å². The van der Waals surface area contributed by atoms with E-state index >= 15 is 0 Å². The first-order valence-electron chi connectivity index (χ1n) is 8.67. The van der Waals surface area contributed by atoms with Crippen LogP contribution < -0.4 is 10.6 Å². The topological polar surface area (TPSA) is 59.0 Å². The molecule has 2 N–H and O–H groups in total. The molecule has 5 nitrogen and oxygen atoms in total. The lowest BCUT2D eigenvalue weighted by Crippen LogP contribution is -2.35. The number of aryl methyl sites for hydroxylation is 2. The summed E-state index contributed by atoms with van der Waals surface area (Å²) >= 11 is 0. The summed E-state index contributed by atoms with van der Waals surface area (Å²) in [4.78, 5) is 12.8. The van der Waals surface area contributed by atoms with Crippen molar-refractivity contribution in [3.8, 4) is 0 Å². The van der Waals surface area contributed by atoms with Crippen molar-refractivity contribution in [3.63, 3.8) is 0 Å². The molecule has 2 aromatic rings. The molecule has 0 radical (unpaired) electrons. The van der Waals surface area contributed by atoms with Crippen LogP contribution >= 0.6 is 12.4 Å². The van der Waals surface area contributed by atoms with E-state index in [9.17, 15) is 4.79 Å². The lowest BCUT2D eigenvalue weighted by molar-refractivity contribution is -0.125. The van der Waals surface area contributed by atoms with Gasteiger partial charge in [-0.05, 0) is 30.0 Å². The highest BCUT2D eigenvalue weighted by Crippen LogP contribution is 2.28. The first-order chi connectivity index (χ1) is 11.6. The molecule has 0 aliphatic carbocycles. The van der Waals surface area contributed by atoms with Gasteiger partial charge in [0.15, 0.2) is 0 Å². The minimum atomic E-state index is -0.0495. The van der Waals surface area contributed by atoms with E-state index in [1.54, 1.807) is 4.68 Å². The van der Waals surface area contributed by atoms with E-state index in [1.807, 2.05) is 26.4 Å². The largest absolute Gasteiger partial charge is 0.349 e. The van der Waals surface area contributed by atoms with Crippen LogP contribution in [0.25, 0.3) is 0 Å². The Hall–Kier alpha value is -1.85. The maximum absolute atomic E-state index is 12.8. The van der Waals surface area contributed by atoms with Gasteiger partial charge in [-0.3, -0.25) is 9.48 Å². The van der Waals surface area contributed by atoms with Gasteiger partial charge >= 0.3 is 0 Å². The molecule has 1 fully saturated rings. The van der Waals surface area contributed by atoms with Crippen molar-refractivity contribution in [2.45, 2.75) is 32.2 Å². The van der Waals surface area contributed by atoms with E-state index in [4.69, 9.17) is 0 Å². The Morgan fingerprint density at radius 1 is 1.36 bits per heavy atom. The van der Waals surface area contributed by atoms with Crippen LogP contribution in [0.4, 0.5) is 0 Å². The lowest BCUT2D eigenvalue weighted by atomic mass is 9.90. The van der Waals surface area contributed by atoms with Gasteiger partial charge in [0.25, 0.3) is 0 Å². The summed E-state index contributed by atoms with van der Waals surface area (Å²) < 4.78 is 1.79. The molecule has 1 unspecified atom stereocenters. The van der Waals surface area contributed by atoms with Gasteiger partial charge in [0.2, 0.25) is 5.91 Å². The fraction of sp³-hybridized carbons (Fsp3) is 0.474. The van der Waals surface area contributed by atoms with Gasteiger partial charge in [0.1, 0.15) is 0 Å². The lowest BCUT2D eigenvalue weighted by Gasteiger charge is -2.21. The highest BCUT2D eigenvalue weighted by atomic mass is 35.5. The van der Waals surface area contributed by atoms with Gasteiger partial charge in [-0.15, -0.1) is 12.4 Å². The quantitative estimate of drug-likeness (QED) is 0.859. The van der Waals surface area contributed by atoms with Crippen LogP contribution in [0.15, 0.2) is 36.7 Å². The van der Waals surface area contributed by atoms with E-state index < -0.39 is 0 Å². The normalized spacial score (nSPS) is 20.8. The highest BCUT2D eigenvalue weighted by molar-refractivity contribution is 5.85. The molecule has 1 aliphatic heterocycles. The standard InChI is InChI=1S/C19H26N4O.ClH/c1-4-14-5-7-15(8-6-14)13(2)22-19(24)18-11-20-10-17(18)16-9-21-23(3)12-16;/h5-9,12-13,17-18,20H,4,10-11H2,1-3H3,(H,22,24);1H/t13?,17-,18+;/m1./s1. The predicted molar refractivity (Wildman–Crippen MR) is 102 cm³/mol. The van der Waals surface area contributed by atoms with Gasteiger partial charge < -0.3 is 10.6 Å². The molecule has 1 aromatic carbocycles. The van der Waals surface area contributed by atoms with E-state index in [0.717, 1.165) is 24.1 Å². The smallest absolute Gasteiger partial charge is 0.225 e. The Morgan fingerprint density at radius 2 is 2.08 bits per heavy atom. The van der Waals surface area contributed by atoms with Crippen molar-refractivity contribution < 1.29 is 4.79 Å². The molecular formula is C19H27ClN4O. The number of benzene rings is 1. The molecule has 1 aliphatic rings. The van der Waals surface area contributed by atoms with Gasteiger partial charge in [0, 0.05) is 32.3 Å². The van der Waals surface area contributed by atoms with Crippen LogP contribution in [-0.2, 0) is 18.3 Å². The number of hydrogen-bond donors (Lipinski definition) is 2. The Bertz CT molecular complexity index is 698. The monoisotopic (exact) mass is 362 g/mol. The third kappa shape index (κ3) is 4.41. The van der Waals surface area contributed by atoms with Crippen LogP contribution in [0.1, 0.15) is 42.5 Å². The molecule has 1 aromatic heterocycles. The summed E-state index contributed by atoms with van der Waals surface area (Å²) in [6.45, 7) is 5.72. The molecular weight excluding hydrogens is 336 g/mol. The zero-order valence-electron chi connectivity index (χ0n) is 15.0. The molecule has 136 valence electrons. The molecule has 0 bridgehead atoms. The van der Waals surface area contributed by atoms with Crippen molar-refractivity contribution >= 4 is 18.3 Å². The molecule has 1 saturated heterocycles. The number of aromatic nitrogens is 2. The zero-order valence-corrected chi connectivity index (χ0v) is 15.8. The Labute approximate surface area is 155 Å². The summed E-state index contributed by atoms with van der Waals surface area (Å²) in [5, 5.41) is 10.8. The zero-order chi connectivity index (χ0) is 17.1. The van der Waals surface area contributed by atoms with Crippen molar-refractivity contribution in [2.24, 2.45) is 13.0 Å². The van der Waals surface area contributed by atoms with E-state index in [0.29, 0.717) is 6.54 Å².